The molecule has 0 aromatic heterocycles. The first-order chi connectivity index (χ1) is 8.88. The molecule has 0 aliphatic heterocycles. The molecule has 112 valence electrons. The van der Waals surface area contributed by atoms with Gasteiger partial charge in [-0.15, -0.1) is 0 Å². The van der Waals surface area contributed by atoms with E-state index in [9.17, 15) is 4.79 Å². The van der Waals surface area contributed by atoms with Crippen LogP contribution in [0.25, 0.3) is 0 Å². The van der Waals surface area contributed by atoms with Crippen molar-refractivity contribution in [3.8, 4) is 0 Å². The fraction of sp³-hybridized carbons (Fsp3) is 0.938. The number of hydrogen-bond acceptors (Lipinski definition) is 2. The zero-order chi connectivity index (χ0) is 14.5. The number of hydrogen-bond donors (Lipinski definition) is 1. The van der Waals surface area contributed by atoms with Gasteiger partial charge in [-0.1, -0.05) is 33.6 Å². The molecule has 0 aromatic rings. The van der Waals surface area contributed by atoms with Gasteiger partial charge in [-0.25, -0.2) is 0 Å². The normalized spacial score (nSPS) is 17.2. The molecule has 3 heteroatoms. The third kappa shape index (κ3) is 4.79. The van der Waals surface area contributed by atoms with Crippen LogP contribution < -0.4 is 5.32 Å². The summed E-state index contributed by atoms with van der Waals surface area (Å²) in [6.07, 6.45) is 6.03. The highest BCUT2D eigenvalue weighted by Gasteiger charge is 2.35. The summed E-state index contributed by atoms with van der Waals surface area (Å²) >= 11 is 0. The van der Waals surface area contributed by atoms with Gasteiger partial charge in [-0.2, -0.15) is 0 Å². The van der Waals surface area contributed by atoms with E-state index in [0.717, 1.165) is 19.5 Å². The number of amides is 1. The van der Waals surface area contributed by atoms with E-state index in [2.05, 4.69) is 31.0 Å². The lowest BCUT2D eigenvalue weighted by Gasteiger charge is -2.36. The first-order valence-corrected chi connectivity index (χ1v) is 7.94. The van der Waals surface area contributed by atoms with Crippen molar-refractivity contribution in [2.45, 2.75) is 78.3 Å². The summed E-state index contributed by atoms with van der Waals surface area (Å²) in [7, 11) is 0. The van der Waals surface area contributed by atoms with Crippen molar-refractivity contribution in [2.24, 2.45) is 5.92 Å². The molecule has 3 nitrogen and oxygen atoms in total. The van der Waals surface area contributed by atoms with E-state index in [1.807, 2.05) is 13.8 Å². The zero-order valence-electron chi connectivity index (χ0n) is 13.5. The highest BCUT2D eigenvalue weighted by molar-refractivity contribution is 5.85. The van der Waals surface area contributed by atoms with Gasteiger partial charge in [0, 0.05) is 12.6 Å². The van der Waals surface area contributed by atoms with Crippen LogP contribution >= 0.6 is 0 Å². The van der Waals surface area contributed by atoms with Gasteiger partial charge >= 0.3 is 0 Å². The molecule has 0 unspecified atom stereocenters. The van der Waals surface area contributed by atoms with Crippen molar-refractivity contribution in [3.05, 3.63) is 0 Å². The Labute approximate surface area is 119 Å². The van der Waals surface area contributed by atoms with E-state index < -0.39 is 5.54 Å². The predicted octanol–water partition coefficient (Wildman–Crippen LogP) is 3.19. The molecule has 0 bridgehead atoms. The molecule has 0 heterocycles. The molecule has 19 heavy (non-hydrogen) atoms. The highest BCUT2D eigenvalue weighted by atomic mass is 16.2. The smallest absolute Gasteiger partial charge is 0.242 e. The Balaban J connectivity index is 2.73. The van der Waals surface area contributed by atoms with Gasteiger partial charge in [0.15, 0.2) is 0 Å². The Bertz CT molecular complexity index is 280. The lowest BCUT2D eigenvalue weighted by Crippen LogP contribution is -2.56. The van der Waals surface area contributed by atoms with Crippen LogP contribution in [0.15, 0.2) is 0 Å². The average molecular weight is 268 g/mol. The molecule has 1 aliphatic carbocycles. The first kappa shape index (κ1) is 16.5. The number of likely N-dealkylation sites (N-methyl/N-ethyl adjacent to an activating group) is 1. The molecule has 0 atom stereocenters. The summed E-state index contributed by atoms with van der Waals surface area (Å²) in [5.74, 6) is 0.931. The summed E-state index contributed by atoms with van der Waals surface area (Å²) < 4.78 is 0. The van der Waals surface area contributed by atoms with Crippen molar-refractivity contribution in [1.29, 1.82) is 0 Å². The van der Waals surface area contributed by atoms with E-state index in [-0.39, 0.29) is 5.91 Å². The third-order valence-electron chi connectivity index (χ3n) is 4.13. The van der Waals surface area contributed by atoms with Crippen LogP contribution in [0, 0.1) is 5.92 Å². The van der Waals surface area contributed by atoms with Gasteiger partial charge in [-0.3, -0.25) is 4.79 Å². The van der Waals surface area contributed by atoms with Crippen molar-refractivity contribution < 1.29 is 4.79 Å². The Morgan fingerprint density at radius 2 is 1.89 bits per heavy atom. The molecule has 1 saturated carbocycles. The molecule has 0 radical (unpaired) electrons. The van der Waals surface area contributed by atoms with Crippen LogP contribution in [-0.2, 0) is 4.79 Å². The summed E-state index contributed by atoms with van der Waals surface area (Å²) in [5, 5.41) is 3.32. The second-order valence-corrected chi connectivity index (χ2v) is 6.77. The SMILES string of the molecule is CCNC(C)(C)C(=O)N(CCC(C)C)C1CCCC1. The van der Waals surface area contributed by atoms with Crippen molar-refractivity contribution in [1.82, 2.24) is 10.2 Å². The molecular weight excluding hydrogens is 236 g/mol. The van der Waals surface area contributed by atoms with Gasteiger partial charge in [0.1, 0.15) is 0 Å². The fourth-order valence-corrected chi connectivity index (χ4v) is 2.94. The molecule has 1 N–H and O–H groups in total. The van der Waals surface area contributed by atoms with Crippen LogP contribution in [-0.4, -0.2) is 35.5 Å². The molecule has 0 spiro atoms. The van der Waals surface area contributed by atoms with Gasteiger partial charge in [0.05, 0.1) is 5.54 Å². The monoisotopic (exact) mass is 268 g/mol. The Morgan fingerprint density at radius 1 is 1.32 bits per heavy atom. The number of carbonyl (C=O) groups is 1. The lowest BCUT2D eigenvalue weighted by molar-refractivity contribution is -0.139. The van der Waals surface area contributed by atoms with E-state index in [1.165, 1.54) is 25.7 Å². The van der Waals surface area contributed by atoms with Crippen LogP contribution in [0.3, 0.4) is 0 Å². The summed E-state index contributed by atoms with van der Waals surface area (Å²) in [5.41, 5.74) is -0.436. The van der Waals surface area contributed by atoms with E-state index in [4.69, 9.17) is 0 Å². The topological polar surface area (TPSA) is 32.3 Å². The fourth-order valence-electron chi connectivity index (χ4n) is 2.94. The Kier molecular flexibility index (Phi) is 6.31. The minimum Gasteiger partial charge on any atom is -0.338 e. The van der Waals surface area contributed by atoms with Crippen LogP contribution in [0.1, 0.15) is 66.7 Å². The lowest BCUT2D eigenvalue weighted by atomic mass is 10.00. The molecular formula is C16H32N2O. The Morgan fingerprint density at radius 3 is 2.37 bits per heavy atom. The van der Waals surface area contributed by atoms with Crippen LogP contribution in [0.4, 0.5) is 0 Å². The van der Waals surface area contributed by atoms with Crippen molar-refractivity contribution in [2.75, 3.05) is 13.1 Å². The minimum atomic E-state index is -0.436. The predicted molar refractivity (Wildman–Crippen MR) is 81.2 cm³/mol. The van der Waals surface area contributed by atoms with E-state index >= 15 is 0 Å². The van der Waals surface area contributed by atoms with Crippen molar-refractivity contribution >= 4 is 5.91 Å². The number of nitrogens with zero attached hydrogens (tertiary/aromatic N) is 1. The number of carbonyl (C=O) groups excluding carboxylic acids is 1. The van der Waals surface area contributed by atoms with E-state index in [0.29, 0.717) is 12.0 Å². The molecule has 0 saturated heterocycles. The van der Waals surface area contributed by atoms with Crippen molar-refractivity contribution in [3.63, 3.8) is 0 Å². The zero-order valence-corrected chi connectivity index (χ0v) is 13.5. The summed E-state index contributed by atoms with van der Waals surface area (Å²) in [6.45, 7) is 12.3. The summed E-state index contributed by atoms with van der Waals surface area (Å²) in [6, 6.07) is 0.476. The maximum absolute atomic E-state index is 12.8. The van der Waals surface area contributed by atoms with Gasteiger partial charge in [-0.05, 0) is 45.6 Å². The second-order valence-electron chi connectivity index (χ2n) is 6.77. The third-order valence-corrected chi connectivity index (χ3v) is 4.13. The van der Waals surface area contributed by atoms with Gasteiger partial charge in [0.2, 0.25) is 5.91 Å². The van der Waals surface area contributed by atoms with Gasteiger partial charge in [0.25, 0.3) is 0 Å². The molecule has 0 aromatic carbocycles. The number of nitrogens with one attached hydrogen (secondary N) is 1. The number of rotatable bonds is 7. The summed E-state index contributed by atoms with van der Waals surface area (Å²) in [4.78, 5) is 15.0. The standard InChI is InChI=1S/C16H32N2O/c1-6-17-16(4,5)15(19)18(12-11-13(2)3)14-9-7-8-10-14/h13-14,17H,6-12H2,1-5H3. The molecule has 1 fully saturated rings. The largest absolute Gasteiger partial charge is 0.338 e. The minimum absolute atomic E-state index is 0.280. The Hall–Kier alpha value is -0.570. The van der Waals surface area contributed by atoms with Crippen LogP contribution in [0.2, 0.25) is 0 Å². The average Bonchev–Trinajstić information content (AvgIpc) is 2.82. The maximum Gasteiger partial charge on any atom is 0.242 e. The maximum atomic E-state index is 12.8. The molecule has 1 rings (SSSR count). The highest BCUT2D eigenvalue weighted by Crippen LogP contribution is 2.26. The van der Waals surface area contributed by atoms with Crippen LogP contribution in [0.5, 0.6) is 0 Å². The first-order valence-electron chi connectivity index (χ1n) is 7.94. The van der Waals surface area contributed by atoms with Gasteiger partial charge < -0.3 is 10.2 Å². The molecule has 1 aliphatic rings. The molecule has 1 amide bonds. The quantitative estimate of drug-likeness (QED) is 0.769. The van der Waals surface area contributed by atoms with E-state index in [1.54, 1.807) is 0 Å². The second kappa shape index (κ2) is 7.28.